The van der Waals surface area contributed by atoms with E-state index in [1.807, 2.05) is 13.8 Å². The minimum absolute atomic E-state index is 0.0233. The molecule has 1 N–H and O–H groups in total. The van der Waals surface area contributed by atoms with E-state index in [-0.39, 0.29) is 18.2 Å². The van der Waals surface area contributed by atoms with E-state index >= 15 is 0 Å². The van der Waals surface area contributed by atoms with Gasteiger partial charge in [0.25, 0.3) is 0 Å². The summed E-state index contributed by atoms with van der Waals surface area (Å²) in [5.74, 6) is -0.0598. The van der Waals surface area contributed by atoms with E-state index in [0.29, 0.717) is 12.8 Å². The molecule has 0 radical (unpaired) electrons. The summed E-state index contributed by atoms with van der Waals surface area (Å²) >= 11 is 5.55. The number of rotatable bonds is 6. The number of carbonyl (C=O) groups is 2. The van der Waals surface area contributed by atoms with Gasteiger partial charge in [-0.05, 0) is 12.8 Å². The molecule has 0 aliphatic rings. The molecule has 0 spiro atoms. The highest BCUT2D eigenvalue weighted by Gasteiger charge is 2.34. The number of carbonyl (C=O) groups excluding carboxylic acids is 2. The van der Waals surface area contributed by atoms with Gasteiger partial charge in [0.2, 0.25) is 0 Å². The smallest absolute Gasteiger partial charge is 0.406 e. The molecule has 0 bridgehead atoms. The summed E-state index contributed by atoms with van der Waals surface area (Å²) in [6, 6.07) is 0. The molecular weight excluding hydrogens is 218 g/mol. The summed E-state index contributed by atoms with van der Waals surface area (Å²) in [6.45, 7) is 4.10. The summed E-state index contributed by atoms with van der Waals surface area (Å²) in [5.41, 5.74) is -0.560. The summed E-state index contributed by atoms with van der Waals surface area (Å²) in [4.78, 5) is 22.6. The molecule has 0 aromatic rings. The quantitative estimate of drug-likeness (QED) is 0.716. The number of ketones is 1. The van der Waals surface area contributed by atoms with Gasteiger partial charge in [-0.3, -0.25) is 4.79 Å². The fourth-order valence-electron chi connectivity index (χ4n) is 1.45. The zero-order valence-corrected chi connectivity index (χ0v) is 10.2. The van der Waals surface area contributed by atoms with Crippen LogP contribution in [0.2, 0.25) is 0 Å². The number of halogens is 1. The van der Waals surface area contributed by atoms with E-state index in [1.165, 1.54) is 7.11 Å². The van der Waals surface area contributed by atoms with Gasteiger partial charge in [-0.1, -0.05) is 13.8 Å². The molecule has 0 aromatic carbocycles. The number of amides is 1. The van der Waals surface area contributed by atoms with Crippen LogP contribution >= 0.6 is 11.6 Å². The molecule has 4 nitrogen and oxygen atoms in total. The Morgan fingerprint density at radius 3 is 2.20 bits per heavy atom. The number of hydrogen-bond donors (Lipinski definition) is 1. The molecule has 1 amide bonds. The Labute approximate surface area is 95.3 Å². The van der Waals surface area contributed by atoms with Gasteiger partial charge >= 0.3 is 6.09 Å². The molecule has 0 aliphatic heterocycles. The zero-order chi connectivity index (χ0) is 11.9. The first-order valence-corrected chi connectivity index (χ1v) is 5.50. The van der Waals surface area contributed by atoms with E-state index in [0.717, 1.165) is 0 Å². The van der Waals surface area contributed by atoms with Crippen molar-refractivity contribution in [3.05, 3.63) is 0 Å². The molecular formula is C10H18ClNO3. The third kappa shape index (κ3) is 3.70. The van der Waals surface area contributed by atoms with Crippen LogP contribution in [0.1, 0.15) is 26.7 Å². The van der Waals surface area contributed by atoms with Crippen molar-refractivity contribution in [1.82, 2.24) is 5.32 Å². The number of methoxy groups -OCH3 is 1. The zero-order valence-electron chi connectivity index (χ0n) is 9.43. The average Bonchev–Trinajstić information content (AvgIpc) is 2.29. The van der Waals surface area contributed by atoms with E-state index in [1.54, 1.807) is 0 Å². The number of alkyl halides is 1. The van der Waals surface area contributed by atoms with Crippen molar-refractivity contribution in [2.75, 3.05) is 19.5 Å². The van der Waals surface area contributed by atoms with Gasteiger partial charge in [0, 0.05) is 12.0 Å². The third-order valence-corrected chi connectivity index (χ3v) is 3.07. The lowest BCUT2D eigenvalue weighted by Crippen LogP contribution is -2.43. The number of alkyl carbamates (subject to hydrolysis) is 1. The van der Waals surface area contributed by atoms with Crippen molar-refractivity contribution >= 4 is 23.5 Å². The topological polar surface area (TPSA) is 55.4 Å². The summed E-state index contributed by atoms with van der Waals surface area (Å²) in [5, 5.41) is 2.55. The summed E-state index contributed by atoms with van der Waals surface area (Å²) < 4.78 is 4.45. The fraction of sp³-hybridized carbons (Fsp3) is 0.800. The van der Waals surface area contributed by atoms with Gasteiger partial charge in [0.05, 0.1) is 13.0 Å². The van der Waals surface area contributed by atoms with Gasteiger partial charge in [0.1, 0.15) is 0 Å². The fourth-order valence-corrected chi connectivity index (χ4v) is 1.73. The highest BCUT2D eigenvalue weighted by Crippen LogP contribution is 2.27. The van der Waals surface area contributed by atoms with Crippen LogP contribution in [0.15, 0.2) is 0 Å². The standard InChI is InChI=1S/C10H18ClNO3/c1-4-10(5-2,8(13)6-11)7-12-9(14)15-3/h4-7H2,1-3H3,(H,12,14). The van der Waals surface area contributed by atoms with Crippen molar-refractivity contribution in [3.8, 4) is 0 Å². The van der Waals surface area contributed by atoms with Crippen LogP contribution in [-0.4, -0.2) is 31.4 Å². The molecule has 0 aliphatic carbocycles. The van der Waals surface area contributed by atoms with Crippen LogP contribution < -0.4 is 5.32 Å². The molecule has 0 unspecified atom stereocenters. The molecule has 88 valence electrons. The molecule has 15 heavy (non-hydrogen) atoms. The predicted octanol–water partition coefficient (Wildman–Crippen LogP) is 1.96. The number of ether oxygens (including phenoxy) is 1. The normalized spacial score (nSPS) is 10.9. The first-order chi connectivity index (χ1) is 7.06. The lowest BCUT2D eigenvalue weighted by Gasteiger charge is -2.29. The second-order valence-electron chi connectivity index (χ2n) is 3.39. The first-order valence-electron chi connectivity index (χ1n) is 4.97. The summed E-state index contributed by atoms with van der Waals surface area (Å²) in [6.07, 6.45) is 0.779. The minimum Gasteiger partial charge on any atom is -0.453 e. The molecule has 0 atom stereocenters. The van der Waals surface area contributed by atoms with Crippen LogP contribution in [0.25, 0.3) is 0 Å². The Bertz CT molecular complexity index is 227. The van der Waals surface area contributed by atoms with E-state index < -0.39 is 11.5 Å². The van der Waals surface area contributed by atoms with E-state index in [2.05, 4.69) is 10.1 Å². The Morgan fingerprint density at radius 2 is 1.87 bits per heavy atom. The van der Waals surface area contributed by atoms with E-state index in [9.17, 15) is 9.59 Å². The molecule has 0 heterocycles. The first kappa shape index (κ1) is 14.2. The van der Waals surface area contributed by atoms with Crippen molar-refractivity contribution in [2.24, 2.45) is 5.41 Å². The Hall–Kier alpha value is -0.770. The second kappa shape index (κ2) is 6.67. The monoisotopic (exact) mass is 235 g/mol. The maximum atomic E-state index is 11.7. The Balaban J connectivity index is 4.50. The largest absolute Gasteiger partial charge is 0.453 e. The second-order valence-corrected chi connectivity index (χ2v) is 3.66. The maximum absolute atomic E-state index is 11.7. The van der Waals surface area contributed by atoms with Gasteiger partial charge in [-0.25, -0.2) is 4.79 Å². The molecule has 0 saturated heterocycles. The SMILES string of the molecule is CCC(CC)(CNC(=O)OC)C(=O)CCl. The Kier molecular flexibility index (Phi) is 6.32. The van der Waals surface area contributed by atoms with Crippen LogP contribution in [0.3, 0.4) is 0 Å². The minimum atomic E-state index is -0.560. The lowest BCUT2D eigenvalue weighted by atomic mass is 9.79. The van der Waals surface area contributed by atoms with Crippen LogP contribution in [0.5, 0.6) is 0 Å². The average molecular weight is 236 g/mol. The predicted molar refractivity (Wildman–Crippen MR) is 59.1 cm³/mol. The highest BCUT2D eigenvalue weighted by atomic mass is 35.5. The molecule has 5 heteroatoms. The van der Waals surface area contributed by atoms with E-state index in [4.69, 9.17) is 11.6 Å². The van der Waals surface area contributed by atoms with Crippen LogP contribution in [0.4, 0.5) is 4.79 Å². The van der Waals surface area contributed by atoms with Crippen molar-refractivity contribution in [1.29, 1.82) is 0 Å². The maximum Gasteiger partial charge on any atom is 0.406 e. The van der Waals surface area contributed by atoms with Crippen molar-refractivity contribution in [2.45, 2.75) is 26.7 Å². The number of hydrogen-bond acceptors (Lipinski definition) is 3. The van der Waals surface area contributed by atoms with Crippen LogP contribution in [-0.2, 0) is 9.53 Å². The molecule has 0 saturated carbocycles. The van der Waals surface area contributed by atoms with Crippen molar-refractivity contribution < 1.29 is 14.3 Å². The molecule has 0 fully saturated rings. The number of Topliss-reactive ketones (excluding diaryl/α,β-unsaturated/α-hetero) is 1. The third-order valence-electron chi connectivity index (χ3n) is 2.82. The summed E-state index contributed by atoms with van der Waals surface area (Å²) in [7, 11) is 1.29. The van der Waals surface area contributed by atoms with Gasteiger partial charge in [-0.15, -0.1) is 11.6 Å². The van der Waals surface area contributed by atoms with Crippen molar-refractivity contribution in [3.63, 3.8) is 0 Å². The van der Waals surface area contributed by atoms with Crippen LogP contribution in [0, 0.1) is 5.41 Å². The van der Waals surface area contributed by atoms with Gasteiger partial charge in [-0.2, -0.15) is 0 Å². The Morgan fingerprint density at radius 1 is 1.33 bits per heavy atom. The highest BCUT2D eigenvalue weighted by molar-refractivity contribution is 6.28. The molecule has 0 aromatic heterocycles. The van der Waals surface area contributed by atoms with Gasteiger partial charge < -0.3 is 10.1 Å². The molecule has 0 rings (SSSR count). The lowest BCUT2D eigenvalue weighted by molar-refractivity contribution is -0.126. The van der Waals surface area contributed by atoms with Gasteiger partial charge in [0.15, 0.2) is 5.78 Å². The number of nitrogens with one attached hydrogen (secondary N) is 1.